The number of hydrogen-bond donors (Lipinski definition) is 1. The minimum absolute atomic E-state index is 0.0399. The van der Waals surface area contributed by atoms with E-state index in [4.69, 9.17) is 23.2 Å². The van der Waals surface area contributed by atoms with Crippen LogP contribution in [0.25, 0.3) is 0 Å². The van der Waals surface area contributed by atoms with Gasteiger partial charge < -0.3 is 5.32 Å². The molecular formula is C12H15Cl2NOS. The van der Waals surface area contributed by atoms with Gasteiger partial charge in [0.05, 0.1) is 0 Å². The van der Waals surface area contributed by atoms with E-state index in [1.165, 1.54) is 17.3 Å². The topological polar surface area (TPSA) is 29.1 Å². The molecule has 0 spiro atoms. The molecule has 0 bridgehead atoms. The van der Waals surface area contributed by atoms with Crippen LogP contribution in [0, 0.1) is 0 Å². The second-order valence-electron chi connectivity index (χ2n) is 3.47. The van der Waals surface area contributed by atoms with Crippen LogP contribution >= 0.6 is 35.0 Å². The van der Waals surface area contributed by atoms with Crippen LogP contribution in [0.3, 0.4) is 0 Å². The summed E-state index contributed by atoms with van der Waals surface area (Å²) in [5, 5.41) is 2.52. The van der Waals surface area contributed by atoms with Gasteiger partial charge in [0.15, 0.2) is 0 Å². The van der Waals surface area contributed by atoms with Crippen molar-refractivity contribution >= 4 is 40.9 Å². The van der Waals surface area contributed by atoms with E-state index in [-0.39, 0.29) is 11.3 Å². The van der Waals surface area contributed by atoms with E-state index in [1.54, 1.807) is 6.92 Å². The first-order chi connectivity index (χ1) is 8.13. The number of carbonyl (C=O) groups is 1. The molecule has 0 heterocycles. The molecule has 1 rings (SSSR count). The first-order valence-corrected chi connectivity index (χ1v) is 7.28. The monoisotopic (exact) mass is 291 g/mol. The molecule has 0 aromatic heterocycles. The molecule has 0 saturated carbocycles. The fourth-order valence-electron chi connectivity index (χ4n) is 1.20. The Labute approximate surface area is 116 Å². The number of alkyl halides is 2. The lowest BCUT2D eigenvalue weighted by atomic mass is 10.2. The quantitative estimate of drug-likeness (QED) is 0.641. The summed E-state index contributed by atoms with van der Waals surface area (Å²) in [6.07, 6.45) is 0.433. The maximum atomic E-state index is 11.3. The van der Waals surface area contributed by atoms with Gasteiger partial charge in [-0.3, -0.25) is 4.79 Å². The van der Waals surface area contributed by atoms with Gasteiger partial charge in [0.2, 0.25) is 5.91 Å². The van der Waals surface area contributed by atoms with Gasteiger partial charge in [0.25, 0.3) is 0 Å². The van der Waals surface area contributed by atoms with Crippen molar-refractivity contribution in [3.05, 3.63) is 35.9 Å². The molecule has 1 N–H and O–H groups in total. The summed E-state index contributed by atoms with van der Waals surface area (Å²) in [5.41, 5.74) is 1.18. The second kappa shape index (κ2) is 7.85. The summed E-state index contributed by atoms with van der Waals surface area (Å²) in [6.45, 7) is 1.80. The van der Waals surface area contributed by atoms with Crippen LogP contribution in [-0.4, -0.2) is 16.1 Å². The van der Waals surface area contributed by atoms with Crippen molar-refractivity contribution in [2.24, 2.45) is 0 Å². The van der Waals surface area contributed by atoms with Crippen LogP contribution in [0.4, 0.5) is 0 Å². The summed E-state index contributed by atoms with van der Waals surface area (Å²) in [5.74, 6) is 0.729. The summed E-state index contributed by atoms with van der Waals surface area (Å²) in [4.78, 5) is 10.7. The van der Waals surface area contributed by atoms with E-state index in [1.807, 2.05) is 30.3 Å². The molecule has 1 aromatic carbocycles. The highest BCUT2D eigenvalue weighted by atomic mass is 35.5. The minimum atomic E-state index is -0.612. The number of benzene rings is 1. The zero-order valence-electron chi connectivity index (χ0n) is 9.53. The highest BCUT2D eigenvalue weighted by Crippen LogP contribution is 2.23. The van der Waals surface area contributed by atoms with Crippen molar-refractivity contribution in [1.82, 2.24) is 5.32 Å². The van der Waals surface area contributed by atoms with E-state index in [0.29, 0.717) is 6.42 Å². The Bertz CT molecular complexity index is 346. The first-order valence-electron chi connectivity index (χ1n) is 5.36. The highest BCUT2D eigenvalue weighted by molar-refractivity contribution is 7.99. The van der Waals surface area contributed by atoms with Gasteiger partial charge in [-0.1, -0.05) is 37.3 Å². The molecule has 0 aliphatic heterocycles. The van der Waals surface area contributed by atoms with E-state index >= 15 is 0 Å². The van der Waals surface area contributed by atoms with Crippen LogP contribution in [0.15, 0.2) is 30.3 Å². The molecule has 1 aromatic rings. The molecule has 0 aliphatic rings. The van der Waals surface area contributed by atoms with Gasteiger partial charge in [-0.15, -0.1) is 35.0 Å². The molecule has 0 saturated heterocycles. The van der Waals surface area contributed by atoms with Gasteiger partial charge in [0, 0.05) is 12.2 Å². The van der Waals surface area contributed by atoms with Crippen molar-refractivity contribution < 1.29 is 4.79 Å². The summed E-state index contributed by atoms with van der Waals surface area (Å²) < 4.78 is 0. The SMILES string of the molecule is CCC(=O)N[C@@H](SCc1ccccc1)C(Cl)Cl. The zero-order valence-corrected chi connectivity index (χ0v) is 11.9. The Hall–Kier alpha value is -0.380. The van der Waals surface area contributed by atoms with E-state index in [0.717, 1.165) is 5.75 Å². The molecule has 0 fully saturated rings. The van der Waals surface area contributed by atoms with Gasteiger partial charge >= 0.3 is 0 Å². The standard InChI is InChI=1S/C12H15Cl2NOS/c1-2-10(16)15-12(11(13)14)17-8-9-6-4-3-5-7-9/h3-7,11-12H,2,8H2,1H3,(H,15,16)/t12-/m0/s1. The van der Waals surface area contributed by atoms with Crippen LogP contribution in [0.2, 0.25) is 0 Å². The third kappa shape index (κ3) is 5.66. The number of carbonyl (C=O) groups excluding carboxylic acids is 1. The molecule has 0 radical (unpaired) electrons. The van der Waals surface area contributed by atoms with Gasteiger partial charge in [-0.05, 0) is 5.56 Å². The predicted octanol–water partition coefficient (Wildman–Crippen LogP) is 3.58. The number of thioether (sulfide) groups is 1. The minimum Gasteiger partial charge on any atom is -0.342 e. The Morgan fingerprint density at radius 3 is 2.53 bits per heavy atom. The lowest BCUT2D eigenvalue weighted by molar-refractivity contribution is -0.120. The average molecular weight is 292 g/mol. The van der Waals surface area contributed by atoms with E-state index in [2.05, 4.69) is 5.32 Å². The molecule has 2 nitrogen and oxygen atoms in total. The maximum Gasteiger partial charge on any atom is 0.220 e. The normalized spacial score (nSPS) is 12.5. The molecule has 1 amide bonds. The molecule has 94 valence electrons. The fourth-order valence-corrected chi connectivity index (χ4v) is 2.69. The summed E-state index contributed by atoms with van der Waals surface area (Å²) in [6, 6.07) is 9.99. The maximum absolute atomic E-state index is 11.3. The summed E-state index contributed by atoms with van der Waals surface area (Å²) in [7, 11) is 0. The number of amides is 1. The number of rotatable bonds is 6. The number of nitrogens with one attached hydrogen (secondary N) is 1. The van der Waals surface area contributed by atoms with Crippen LogP contribution < -0.4 is 5.32 Å². The fraction of sp³-hybridized carbons (Fsp3) is 0.417. The van der Waals surface area contributed by atoms with Crippen LogP contribution in [0.5, 0.6) is 0 Å². The van der Waals surface area contributed by atoms with Crippen LogP contribution in [0.1, 0.15) is 18.9 Å². The van der Waals surface area contributed by atoms with Gasteiger partial charge in [0.1, 0.15) is 10.2 Å². The molecule has 1 atom stereocenters. The Balaban J connectivity index is 2.47. The van der Waals surface area contributed by atoms with Crippen molar-refractivity contribution in [1.29, 1.82) is 0 Å². The van der Waals surface area contributed by atoms with Crippen molar-refractivity contribution in [3.63, 3.8) is 0 Å². The van der Waals surface area contributed by atoms with Gasteiger partial charge in [-0.2, -0.15) is 0 Å². The molecular weight excluding hydrogens is 277 g/mol. The van der Waals surface area contributed by atoms with E-state index in [9.17, 15) is 4.79 Å². The highest BCUT2D eigenvalue weighted by Gasteiger charge is 2.19. The Kier molecular flexibility index (Phi) is 6.78. The van der Waals surface area contributed by atoms with Crippen molar-refractivity contribution in [3.8, 4) is 0 Å². The smallest absolute Gasteiger partial charge is 0.220 e. The predicted molar refractivity (Wildman–Crippen MR) is 75.5 cm³/mol. The largest absolute Gasteiger partial charge is 0.342 e. The Morgan fingerprint density at radius 1 is 1.35 bits per heavy atom. The van der Waals surface area contributed by atoms with Crippen molar-refractivity contribution in [2.45, 2.75) is 29.3 Å². The first kappa shape index (κ1) is 14.7. The molecule has 0 unspecified atom stereocenters. The average Bonchev–Trinajstić information content (AvgIpc) is 2.35. The molecule has 0 aliphatic carbocycles. The number of hydrogen-bond acceptors (Lipinski definition) is 2. The van der Waals surface area contributed by atoms with Crippen LogP contribution in [-0.2, 0) is 10.5 Å². The summed E-state index contributed by atoms with van der Waals surface area (Å²) >= 11 is 13.2. The third-order valence-electron chi connectivity index (χ3n) is 2.13. The molecule has 17 heavy (non-hydrogen) atoms. The third-order valence-corrected chi connectivity index (χ3v) is 4.18. The van der Waals surface area contributed by atoms with E-state index < -0.39 is 4.84 Å². The van der Waals surface area contributed by atoms with Crippen molar-refractivity contribution in [2.75, 3.05) is 0 Å². The lowest BCUT2D eigenvalue weighted by Crippen LogP contribution is -2.36. The lowest BCUT2D eigenvalue weighted by Gasteiger charge is -2.18. The second-order valence-corrected chi connectivity index (χ2v) is 5.77. The zero-order chi connectivity index (χ0) is 12.7. The Morgan fingerprint density at radius 2 is 2.00 bits per heavy atom. The molecule has 5 heteroatoms. The van der Waals surface area contributed by atoms with Gasteiger partial charge in [-0.25, -0.2) is 0 Å². The number of halogens is 2.